The summed E-state index contributed by atoms with van der Waals surface area (Å²) in [7, 11) is 1.71. The monoisotopic (exact) mass is 518 g/mol. The predicted octanol–water partition coefficient (Wildman–Crippen LogP) is 5.56. The molecule has 2 aromatic carbocycles. The van der Waals surface area contributed by atoms with Crippen molar-refractivity contribution in [2.45, 2.75) is 57.8 Å². The molecule has 2 heterocycles. The van der Waals surface area contributed by atoms with Crippen LogP contribution in [0.5, 0.6) is 5.75 Å². The average molecular weight is 519 g/mol. The van der Waals surface area contributed by atoms with Gasteiger partial charge in [-0.1, -0.05) is 37.8 Å². The molecule has 204 valence electrons. The summed E-state index contributed by atoms with van der Waals surface area (Å²) in [4.78, 5) is 33.1. The van der Waals surface area contributed by atoms with Crippen LogP contribution in [0.15, 0.2) is 42.5 Å². The number of rotatable bonds is 8. The first-order valence-corrected chi connectivity index (χ1v) is 14.5. The summed E-state index contributed by atoms with van der Waals surface area (Å²) in [5, 5.41) is 3.09. The van der Waals surface area contributed by atoms with Crippen molar-refractivity contribution < 1.29 is 14.3 Å². The summed E-state index contributed by atoms with van der Waals surface area (Å²) in [6.07, 6.45) is 9.88. The van der Waals surface area contributed by atoms with E-state index in [1.165, 1.54) is 32.1 Å². The molecule has 1 N–H and O–H groups in total. The second-order valence-electron chi connectivity index (χ2n) is 11.0. The van der Waals surface area contributed by atoms with Gasteiger partial charge in [0.05, 0.1) is 18.4 Å². The SMILES string of the molecule is COc1ccccc1N1CCN(c2ccc(NC(=O)CCC3CCCC3)cc2C(=O)N2CCCCC2)CC1. The Balaban J connectivity index is 1.30. The van der Waals surface area contributed by atoms with Crippen LogP contribution in [0.1, 0.15) is 68.1 Å². The molecule has 1 saturated carbocycles. The zero-order chi connectivity index (χ0) is 26.3. The van der Waals surface area contributed by atoms with Crippen molar-refractivity contribution in [3.05, 3.63) is 48.0 Å². The number of para-hydroxylation sites is 2. The largest absolute Gasteiger partial charge is 0.495 e. The molecule has 0 atom stereocenters. The molecule has 2 amide bonds. The molecule has 0 radical (unpaired) electrons. The number of carbonyl (C=O) groups excluding carboxylic acids is 2. The summed E-state index contributed by atoms with van der Waals surface area (Å²) in [6, 6.07) is 14.0. The maximum Gasteiger partial charge on any atom is 0.256 e. The van der Waals surface area contributed by atoms with Gasteiger partial charge in [0.15, 0.2) is 0 Å². The lowest BCUT2D eigenvalue weighted by atomic mass is 10.0. The van der Waals surface area contributed by atoms with Crippen molar-refractivity contribution in [2.24, 2.45) is 5.92 Å². The maximum absolute atomic E-state index is 13.7. The van der Waals surface area contributed by atoms with Crippen molar-refractivity contribution in [3.8, 4) is 5.75 Å². The molecule has 5 rings (SSSR count). The highest BCUT2D eigenvalue weighted by atomic mass is 16.5. The zero-order valence-electron chi connectivity index (χ0n) is 22.8. The van der Waals surface area contributed by atoms with E-state index in [1.807, 2.05) is 41.3 Å². The number of methoxy groups -OCH3 is 1. The van der Waals surface area contributed by atoms with E-state index in [4.69, 9.17) is 4.74 Å². The maximum atomic E-state index is 13.7. The fourth-order valence-corrected chi connectivity index (χ4v) is 6.27. The van der Waals surface area contributed by atoms with E-state index in [2.05, 4.69) is 21.2 Å². The van der Waals surface area contributed by atoms with E-state index in [-0.39, 0.29) is 11.8 Å². The molecule has 7 heteroatoms. The molecule has 38 heavy (non-hydrogen) atoms. The van der Waals surface area contributed by atoms with Crippen LogP contribution in [0.4, 0.5) is 17.1 Å². The lowest BCUT2D eigenvalue weighted by Gasteiger charge is -2.39. The zero-order valence-corrected chi connectivity index (χ0v) is 22.8. The molecule has 0 aromatic heterocycles. The molecule has 3 fully saturated rings. The Morgan fingerprint density at radius 2 is 1.53 bits per heavy atom. The van der Waals surface area contributed by atoms with Gasteiger partial charge in [0, 0.05) is 57.1 Å². The summed E-state index contributed by atoms with van der Waals surface area (Å²) in [6.45, 7) is 4.92. The highest BCUT2D eigenvalue weighted by Crippen LogP contribution is 2.32. The minimum absolute atomic E-state index is 0.0476. The van der Waals surface area contributed by atoms with Gasteiger partial charge in [-0.25, -0.2) is 0 Å². The van der Waals surface area contributed by atoms with Gasteiger partial charge >= 0.3 is 0 Å². The van der Waals surface area contributed by atoms with Gasteiger partial charge in [-0.15, -0.1) is 0 Å². The van der Waals surface area contributed by atoms with Crippen molar-refractivity contribution in [1.82, 2.24) is 4.90 Å². The lowest BCUT2D eigenvalue weighted by molar-refractivity contribution is -0.116. The third-order valence-corrected chi connectivity index (χ3v) is 8.45. The molecular formula is C31H42N4O3. The Labute approximate surface area is 227 Å². The van der Waals surface area contributed by atoms with E-state index in [0.29, 0.717) is 17.9 Å². The Bertz CT molecular complexity index is 1100. The van der Waals surface area contributed by atoms with Gasteiger partial charge in [-0.2, -0.15) is 0 Å². The third kappa shape index (κ3) is 6.25. The highest BCUT2D eigenvalue weighted by Gasteiger charge is 2.27. The van der Waals surface area contributed by atoms with E-state index < -0.39 is 0 Å². The Morgan fingerprint density at radius 3 is 2.24 bits per heavy atom. The molecule has 0 unspecified atom stereocenters. The molecule has 7 nitrogen and oxygen atoms in total. The number of carbonyl (C=O) groups is 2. The van der Waals surface area contributed by atoms with Crippen LogP contribution >= 0.6 is 0 Å². The second kappa shape index (κ2) is 12.5. The van der Waals surface area contributed by atoms with Crippen LogP contribution in [-0.2, 0) is 4.79 Å². The van der Waals surface area contributed by atoms with Crippen LogP contribution < -0.4 is 19.9 Å². The summed E-state index contributed by atoms with van der Waals surface area (Å²) >= 11 is 0. The fourth-order valence-electron chi connectivity index (χ4n) is 6.27. The van der Waals surface area contributed by atoms with Crippen molar-refractivity contribution in [2.75, 3.05) is 61.5 Å². The number of piperidine rings is 1. The summed E-state index contributed by atoms with van der Waals surface area (Å²) in [5.41, 5.74) is 3.49. The van der Waals surface area contributed by atoms with Crippen molar-refractivity contribution in [1.29, 1.82) is 0 Å². The molecule has 0 spiro atoms. The van der Waals surface area contributed by atoms with Crippen LogP contribution in [0.3, 0.4) is 0 Å². The number of nitrogens with zero attached hydrogens (tertiary/aromatic N) is 3. The summed E-state index contributed by atoms with van der Waals surface area (Å²) < 4.78 is 5.58. The second-order valence-corrected chi connectivity index (χ2v) is 11.0. The Hall–Kier alpha value is -3.22. The van der Waals surface area contributed by atoms with Crippen molar-refractivity contribution in [3.63, 3.8) is 0 Å². The van der Waals surface area contributed by atoms with Gasteiger partial charge < -0.3 is 24.8 Å². The first-order valence-electron chi connectivity index (χ1n) is 14.5. The minimum atomic E-state index is 0.0476. The Morgan fingerprint density at radius 1 is 0.842 bits per heavy atom. The minimum Gasteiger partial charge on any atom is -0.495 e. The predicted molar refractivity (Wildman–Crippen MR) is 153 cm³/mol. The topological polar surface area (TPSA) is 65.1 Å². The quantitative estimate of drug-likeness (QED) is 0.496. The number of hydrogen-bond donors (Lipinski definition) is 1. The van der Waals surface area contributed by atoms with Crippen LogP contribution in [0.2, 0.25) is 0 Å². The fraction of sp³-hybridized carbons (Fsp3) is 0.548. The number of amides is 2. The number of benzene rings is 2. The van der Waals surface area contributed by atoms with Gasteiger partial charge in [-0.05, 0) is 61.9 Å². The number of likely N-dealkylation sites (tertiary alicyclic amines) is 1. The molecule has 2 saturated heterocycles. The number of anilines is 3. The normalized spacial score (nSPS) is 18.5. The molecule has 1 aliphatic carbocycles. The van der Waals surface area contributed by atoms with Crippen LogP contribution in [0.25, 0.3) is 0 Å². The number of nitrogens with one attached hydrogen (secondary N) is 1. The lowest BCUT2D eigenvalue weighted by Crippen LogP contribution is -2.47. The molecular weight excluding hydrogens is 476 g/mol. The van der Waals surface area contributed by atoms with E-state index in [0.717, 1.165) is 81.3 Å². The number of hydrogen-bond acceptors (Lipinski definition) is 5. The molecule has 0 bridgehead atoms. The van der Waals surface area contributed by atoms with Crippen LogP contribution in [0, 0.1) is 5.92 Å². The smallest absolute Gasteiger partial charge is 0.256 e. The summed E-state index contributed by atoms with van der Waals surface area (Å²) in [5.74, 6) is 1.70. The van der Waals surface area contributed by atoms with E-state index in [9.17, 15) is 9.59 Å². The van der Waals surface area contributed by atoms with Gasteiger partial charge in [0.2, 0.25) is 5.91 Å². The first-order chi connectivity index (χ1) is 18.6. The van der Waals surface area contributed by atoms with Gasteiger partial charge in [0.1, 0.15) is 5.75 Å². The number of ether oxygens (including phenoxy) is 1. The van der Waals surface area contributed by atoms with E-state index in [1.54, 1.807) is 7.11 Å². The molecule has 2 aliphatic heterocycles. The standard InChI is InChI=1S/C31H42N4O3/c1-38-29-12-6-5-11-28(29)34-21-19-33(20-22-34)27-15-14-25(32-30(36)16-13-24-9-3-4-10-24)23-26(27)31(37)35-17-7-2-8-18-35/h5-6,11-12,14-15,23-24H,2-4,7-10,13,16-22H2,1H3,(H,32,36). The third-order valence-electron chi connectivity index (χ3n) is 8.45. The highest BCUT2D eigenvalue weighted by molar-refractivity contribution is 6.02. The molecule has 3 aliphatic rings. The van der Waals surface area contributed by atoms with Gasteiger partial charge in [0.25, 0.3) is 5.91 Å². The van der Waals surface area contributed by atoms with E-state index >= 15 is 0 Å². The first kappa shape index (κ1) is 26.4. The average Bonchev–Trinajstić information content (AvgIpc) is 3.50. The Kier molecular flexibility index (Phi) is 8.72. The van der Waals surface area contributed by atoms with Crippen LogP contribution in [-0.4, -0.2) is 63.1 Å². The number of piperazine rings is 1. The van der Waals surface area contributed by atoms with Gasteiger partial charge in [-0.3, -0.25) is 9.59 Å². The van der Waals surface area contributed by atoms with Crippen molar-refractivity contribution >= 4 is 28.9 Å². The molecule has 2 aromatic rings.